The van der Waals surface area contributed by atoms with Crippen LogP contribution in [0.15, 0.2) is 47.0 Å². The van der Waals surface area contributed by atoms with Crippen LogP contribution in [-0.2, 0) is 11.2 Å². The first-order chi connectivity index (χ1) is 12.0. The van der Waals surface area contributed by atoms with E-state index in [0.717, 1.165) is 11.1 Å². The van der Waals surface area contributed by atoms with Crippen molar-refractivity contribution in [3.05, 3.63) is 64.8 Å². The molecule has 2 aromatic carbocycles. The molecular weight excluding hydrogens is 345 g/mol. The summed E-state index contributed by atoms with van der Waals surface area (Å²) in [5.74, 6) is 0.0792. The molecule has 1 N–H and O–H groups in total. The highest BCUT2D eigenvalue weighted by Gasteiger charge is 2.11. The molecule has 0 atom stereocenters. The number of nitrogens with zero attached hydrogens (tertiary/aromatic N) is 2. The Morgan fingerprint density at radius 2 is 2.00 bits per heavy atom. The van der Waals surface area contributed by atoms with Crippen molar-refractivity contribution in [1.82, 2.24) is 10.1 Å². The third kappa shape index (κ3) is 4.42. The molecule has 3 rings (SSSR count). The van der Waals surface area contributed by atoms with E-state index < -0.39 is 5.82 Å². The first-order valence-corrected chi connectivity index (χ1v) is 8.03. The van der Waals surface area contributed by atoms with Gasteiger partial charge in [-0.2, -0.15) is 4.98 Å². The molecule has 0 aliphatic carbocycles. The maximum absolute atomic E-state index is 13.1. The smallest absolute Gasteiger partial charge is 0.227 e. The van der Waals surface area contributed by atoms with Crippen LogP contribution >= 0.6 is 11.6 Å². The van der Waals surface area contributed by atoms with Gasteiger partial charge in [0.05, 0.1) is 5.02 Å². The highest BCUT2D eigenvalue weighted by molar-refractivity contribution is 6.31. The number of carbonyl (C=O) groups is 1. The minimum atomic E-state index is -0.533. The SMILES string of the molecule is Cc1ccc(-c2noc(CCC(=O)Nc3ccc(F)c(Cl)c3)n2)cc1. The van der Waals surface area contributed by atoms with Crippen LogP contribution in [-0.4, -0.2) is 16.0 Å². The van der Waals surface area contributed by atoms with Gasteiger partial charge in [0.2, 0.25) is 17.6 Å². The third-order valence-electron chi connectivity index (χ3n) is 3.55. The van der Waals surface area contributed by atoms with Crippen molar-refractivity contribution in [1.29, 1.82) is 0 Å². The summed E-state index contributed by atoms with van der Waals surface area (Å²) >= 11 is 5.68. The van der Waals surface area contributed by atoms with Gasteiger partial charge in [-0.25, -0.2) is 4.39 Å². The zero-order valence-corrected chi connectivity index (χ0v) is 14.2. The molecule has 1 heterocycles. The molecule has 7 heteroatoms. The van der Waals surface area contributed by atoms with Crippen LogP contribution in [0.4, 0.5) is 10.1 Å². The van der Waals surface area contributed by atoms with Gasteiger partial charge in [-0.1, -0.05) is 46.6 Å². The largest absolute Gasteiger partial charge is 0.339 e. The Balaban J connectivity index is 1.57. The molecule has 0 saturated heterocycles. The molecule has 0 saturated carbocycles. The molecule has 1 amide bonds. The van der Waals surface area contributed by atoms with Crippen molar-refractivity contribution in [2.75, 3.05) is 5.32 Å². The summed E-state index contributed by atoms with van der Waals surface area (Å²) in [7, 11) is 0. The number of carbonyl (C=O) groups excluding carboxylic acids is 1. The van der Waals surface area contributed by atoms with Gasteiger partial charge >= 0.3 is 0 Å². The maximum Gasteiger partial charge on any atom is 0.227 e. The van der Waals surface area contributed by atoms with Crippen molar-refractivity contribution in [2.24, 2.45) is 0 Å². The Labute approximate surface area is 148 Å². The first kappa shape index (κ1) is 17.1. The number of amides is 1. The van der Waals surface area contributed by atoms with Crippen LogP contribution in [0.25, 0.3) is 11.4 Å². The molecule has 0 aliphatic heterocycles. The van der Waals surface area contributed by atoms with Crippen molar-refractivity contribution < 1.29 is 13.7 Å². The molecule has 3 aromatic rings. The van der Waals surface area contributed by atoms with Gasteiger partial charge in [-0.15, -0.1) is 0 Å². The maximum atomic E-state index is 13.1. The second-order valence-electron chi connectivity index (χ2n) is 5.55. The Hall–Kier alpha value is -2.73. The topological polar surface area (TPSA) is 68.0 Å². The molecule has 0 spiro atoms. The van der Waals surface area contributed by atoms with E-state index in [0.29, 0.717) is 23.8 Å². The van der Waals surface area contributed by atoms with Crippen molar-refractivity contribution in [2.45, 2.75) is 19.8 Å². The van der Waals surface area contributed by atoms with E-state index in [1.165, 1.54) is 18.2 Å². The molecule has 128 valence electrons. The first-order valence-electron chi connectivity index (χ1n) is 7.66. The molecule has 5 nitrogen and oxygen atoms in total. The van der Waals surface area contributed by atoms with E-state index in [2.05, 4.69) is 15.5 Å². The minimum absolute atomic E-state index is 0.0440. The second-order valence-corrected chi connectivity index (χ2v) is 5.96. The lowest BCUT2D eigenvalue weighted by Gasteiger charge is -2.04. The number of aryl methyl sites for hydroxylation is 2. The van der Waals surface area contributed by atoms with Gasteiger partial charge < -0.3 is 9.84 Å². The normalized spacial score (nSPS) is 10.7. The van der Waals surface area contributed by atoms with Gasteiger partial charge in [0, 0.05) is 24.1 Å². The van der Waals surface area contributed by atoms with Gasteiger partial charge in [0.1, 0.15) is 5.82 Å². The van der Waals surface area contributed by atoms with Crippen LogP contribution in [0.3, 0.4) is 0 Å². The standard InChI is InChI=1S/C18H15ClFN3O2/c1-11-2-4-12(5-3-11)18-22-17(25-23-18)9-8-16(24)21-13-6-7-15(20)14(19)10-13/h2-7,10H,8-9H2,1H3,(H,21,24). The summed E-state index contributed by atoms with van der Waals surface area (Å²) in [4.78, 5) is 16.2. The molecule has 0 aliphatic rings. The lowest BCUT2D eigenvalue weighted by Crippen LogP contribution is -2.12. The van der Waals surface area contributed by atoms with Crippen LogP contribution in [0.2, 0.25) is 5.02 Å². The lowest BCUT2D eigenvalue weighted by molar-refractivity contribution is -0.116. The second kappa shape index (κ2) is 7.44. The highest BCUT2D eigenvalue weighted by atomic mass is 35.5. The number of hydrogen-bond acceptors (Lipinski definition) is 4. The van der Waals surface area contributed by atoms with E-state index >= 15 is 0 Å². The Morgan fingerprint density at radius 1 is 1.24 bits per heavy atom. The number of nitrogens with one attached hydrogen (secondary N) is 1. The van der Waals surface area contributed by atoms with Crippen LogP contribution in [0.1, 0.15) is 17.9 Å². The summed E-state index contributed by atoms with van der Waals surface area (Å²) in [6, 6.07) is 11.8. The predicted octanol–water partition coefficient (Wildman–Crippen LogP) is 4.41. The van der Waals surface area contributed by atoms with Gasteiger partial charge in [-0.05, 0) is 25.1 Å². The number of hydrogen-bond donors (Lipinski definition) is 1. The van der Waals surface area contributed by atoms with Crippen molar-refractivity contribution in [3.8, 4) is 11.4 Å². The van der Waals surface area contributed by atoms with E-state index in [-0.39, 0.29) is 17.4 Å². The third-order valence-corrected chi connectivity index (χ3v) is 3.84. The predicted molar refractivity (Wildman–Crippen MR) is 92.8 cm³/mol. The molecule has 25 heavy (non-hydrogen) atoms. The monoisotopic (exact) mass is 359 g/mol. The quantitative estimate of drug-likeness (QED) is 0.732. The highest BCUT2D eigenvalue weighted by Crippen LogP contribution is 2.20. The van der Waals surface area contributed by atoms with E-state index in [1.54, 1.807) is 0 Å². The molecule has 0 bridgehead atoms. The van der Waals surface area contributed by atoms with Crippen molar-refractivity contribution in [3.63, 3.8) is 0 Å². The molecular formula is C18H15ClFN3O2. The molecule has 0 radical (unpaired) electrons. The van der Waals surface area contributed by atoms with Crippen LogP contribution < -0.4 is 5.32 Å². The lowest BCUT2D eigenvalue weighted by atomic mass is 10.1. The summed E-state index contributed by atoms with van der Waals surface area (Å²) in [6.07, 6.45) is 0.462. The molecule has 1 aromatic heterocycles. The summed E-state index contributed by atoms with van der Waals surface area (Å²) in [5, 5.41) is 6.52. The van der Waals surface area contributed by atoms with Gasteiger partial charge in [0.25, 0.3) is 0 Å². The van der Waals surface area contributed by atoms with Gasteiger partial charge in [-0.3, -0.25) is 4.79 Å². The average molecular weight is 360 g/mol. The Morgan fingerprint density at radius 3 is 2.72 bits per heavy atom. The fourth-order valence-corrected chi connectivity index (χ4v) is 2.37. The van der Waals surface area contributed by atoms with E-state index in [9.17, 15) is 9.18 Å². The van der Waals surface area contributed by atoms with E-state index in [1.807, 2.05) is 31.2 Å². The zero-order chi connectivity index (χ0) is 17.8. The summed E-state index contributed by atoms with van der Waals surface area (Å²) < 4.78 is 18.3. The van der Waals surface area contributed by atoms with Gasteiger partial charge in [0.15, 0.2) is 0 Å². The number of rotatable bonds is 5. The van der Waals surface area contributed by atoms with Crippen LogP contribution in [0, 0.1) is 12.7 Å². The Kier molecular flexibility index (Phi) is 5.09. The zero-order valence-electron chi connectivity index (χ0n) is 13.4. The fourth-order valence-electron chi connectivity index (χ4n) is 2.19. The number of aromatic nitrogens is 2. The Bertz CT molecular complexity index is 894. The fraction of sp³-hybridized carbons (Fsp3) is 0.167. The number of anilines is 1. The molecule has 0 unspecified atom stereocenters. The number of benzene rings is 2. The summed E-state index contributed by atoms with van der Waals surface area (Å²) in [6.45, 7) is 2.00. The minimum Gasteiger partial charge on any atom is -0.339 e. The van der Waals surface area contributed by atoms with Crippen molar-refractivity contribution >= 4 is 23.2 Å². The molecule has 0 fully saturated rings. The average Bonchev–Trinajstić information content (AvgIpc) is 3.06. The van der Waals surface area contributed by atoms with Crippen LogP contribution in [0.5, 0.6) is 0 Å². The number of halogens is 2. The van der Waals surface area contributed by atoms with E-state index in [4.69, 9.17) is 16.1 Å². The summed E-state index contributed by atoms with van der Waals surface area (Å²) in [5.41, 5.74) is 2.43.